The summed E-state index contributed by atoms with van der Waals surface area (Å²) in [4.78, 5) is 23.1. The summed E-state index contributed by atoms with van der Waals surface area (Å²) in [5.74, 6) is 0.683. The molecule has 1 heterocycles. The molecule has 0 bridgehead atoms. The largest absolute Gasteiger partial charge is 0.492 e. The second-order valence-electron chi connectivity index (χ2n) is 5.50. The van der Waals surface area contributed by atoms with Crippen LogP contribution in [-0.4, -0.2) is 24.5 Å². The number of rotatable bonds is 5. The van der Waals surface area contributed by atoms with Crippen LogP contribution >= 0.6 is 11.6 Å². The summed E-state index contributed by atoms with van der Waals surface area (Å²) >= 11 is 6.13. The number of hydrogen-bond acceptors (Lipinski definition) is 3. The van der Waals surface area contributed by atoms with Crippen LogP contribution in [-0.2, 0) is 9.59 Å². The van der Waals surface area contributed by atoms with E-state index in [1.165, 1.54) is 0 Å². The number of hydrogen-bond donors (Lipinski definition) is 2. The highest BCUT2D eigenvalue weighted by Crippen LogP contribution is 2.28. The number of nitrogens with one attached hydrogen (secondary N) is 2. The van der Waals surface area contributed by atoms with Gasteiger partial charge in [-0.2, -0.15) is 0 Å². The third-order valence-corrected chi connectivity index (χ3v) is 3.38. The Labute approximate surface area is 129 Å². The van der Waals surface area contributed by atoms with Crippen molar-refractivity contribution in [3.8, 4) is 5.75 Å². The molecule has 21 heavy (non-hydrogen) atoms. The molecule has 0 radical (unpaired) electrons. The highest BCUT2D eigenvalue weighted by atomic mass is 35.5. The summed E-state index contributed by atoms with van der Waals surface area (Å²) in [5.41, 5.74) is 0.586. The summed E-state index contributed by atoms with van der Waals surface area (Å²) in [7, 11) is 0. The third-order valence-electron chi connectivity index (χ3n) is 3.08. The molecule has 1 saturated heterocycles. The van der Waals surface area contributed by atoms with Gasteiger partial charge in [0.1, 0.15) is 11.8 Å². The molecule has 114 valence electrons. The molecule has 1 fully saturated rings. The normalized spacial score (nSPS) is 17.7. The van der Waals surface area contributed by atoms with Crippen molar-refractivity contribution < 1.29 is 14.3 Å². The van der Waals surface area contributed by atoms with Crippen LogP contribution in [0.1, 0.15) is 26.7 Å². The van der Waals surface area contributed by atoms with Gasteiger partial charge < -0.3 is 15.4 Å². The van der Waals surface area contributed by atoms with Gasteiger partial charge in [0.2, 0.25) is 11.8 Å². The van der Waals surface area contributed by atoms with Gasteiger partial charge in [-0.1, -0.05) is 25.4 Å². The van der Waals surface area contributed by atoms with E-state index in [0.717, 1.165) is 0 Å². The Hall–Kier alpha value is -1.75. The van der Waals surface area contributed by atoms with Crippen molar-refractivity contribution in [2.45, 2.75) is 32.7 Å². The molecular weight excluding hydrogens is 292 g/mol. The van der Waals surface area contributed by atoms with E-state index in [1.807, 2.05) is 0 Å². The summed E-state index contributed by atoms with van der Waals surface area (Å²) in [6.45, 7) is 4.69. The van der Waals surface area contributed by atoms with Crippen LogP contribution in [0.4, 0.5) is 5.69 Å². The summed E-state index contributed by atoms with van der Waals surface area (Å²) in [5, 5.41) is 5.82. The molecular formula is C15H19ClN2O3. The average Bonchev–Trinajstić information content (AvgIpc) is 2.84. The van der Waals surface area contributed by atoms with Crippen molar-refractivity contribution in [3.63, 3.8) is 0 Å². The van der Waals surface area contributed by atoms with E-state index in [1.54, 1.807) is 18.2 Å². The van der Waals surface area contributed by atoms with Crippen molar-refractivity contribution in [1.82, 2.24) is 5.32 Å². The Balaban J connectivity index is 1.96. The number of carbonyl (C=O) groups excluding carboxylic acids is 2. The molecule has 2 N–H and O–H groups in total. The average molecular weight is 311 g/mol. The molecule has 0 aromatic heterocycles. The topological polar surface area (TPSA) is 67.4 Å². The van der Waals surface area contributed by atoms with Gasteiger partial charge in [0.25, 0.3) is 0 Å². The van der Waals surface area contributed by atoms with Crippen LogP contribution in [0.2, 0.25) is 5.02 Å². The van der Waals surface area contributed by atoms with Gasteiger partial charge in [-0.25, -0.2) is 0 Å². The lowest BCUT2D eigenvalue weighted by Crippen LogP contribution is -2.37. The zero-order valence-corrected chi connectivity index (χ0v) is 12.9. The van der Waals surface area contributed by atoms with E-state index >= 15 is 0 Å². The fourth-order valence-electron chi connectivity index (χ4n) is 1.99. The summed E-state index contributed by atoms with van der Waals surface area (Å²) in [6, 6.07) is 4.64. The SMILES string of the molecule is CC(C)COc1ccc(NC(=O)C2CCC(=O)N2)cc1Cl. The van der Waals surface area contributed by atoms with Crippen molar-refractivity contribution in [1.29, 1.82) is 0 Å². The maximum atomic E-state index is 12.0. The number of anilines is 1. The first-order valence-corrected chi connectivity index (χ1v) is 7.36. The molecule has 0 saturated carbocycles. The van der Waals surface area contributed by atoms with Crippen molar-refractivity contribution >= 4 is 29.1 Å². The second-order valence-corrected chi connectivity index (χ2v) is 5.91. The van der Waals surface area contributed by atoms with Crippen LogP contribution in [0, 0.1) is 5.92 Å². The van der Waals surface area contributed by atoms with E-state index < -0.39 is 6.04 Å². The number of benzene rings is 1. The molecule has 0 aliphatic carbocycles. The Morgan fingerprint density at radius 3 is 2.86 bits per heavy atom. The molecule has 1 atom stereocenters. The Kier molecular flexibility index (Phi) is 5.07. The molecule has 1 aromatic rings. The zero-order valence-electron chi connectivity index (χ0n) is 12.1. The van der Waals surface area contributed by atoms with Crippen LogP contribution in [0.5, 0.6) is 5.75 Å². The number of halogens is 1. The highest BCUT2D eigenvalue weighted by Gasteiger charge is 2.27. The predicted octanol–water partition coefficient (Wildman–Crippen LogP) is 2.59. The lowest BCUT2D eigenvalue weighted by molar-refractivity contribution is -0.122. The fourth-order valence-corrected chi connectivity index (χ4v) is 2.23. The molecule has 2 rings (SSSR count). The summed E-state index contributed by atoms with van der Waals surface area (Å²) in [6.07, 6.45) is 0.912. The first kappa shape index (κ1) is 15.6. The lowest BCUT2D eigenvalue weighted by Gasteiger charge is -2.13. The minimum Gasteiger partial charge on any atom is -0.492 e. The minimum absolute atomic E-state index is 0.0920. The minimum atomic E-state index is -0.465. The Bertz CT molecular complexity index is 546. The first-order valence-electron chi connectivity index (χ1n) is 6.98. The van der Waals surface area contributed by atoms with E-state index in [-0.39, 0.29) is 11.8 Å². The van der Waals surface area contributed by atoms with Crippen LogP contribution in [0.25, 0.3) is 0 Å². The van der Waals surface area contributed by atoms with Gasteiger partial charge >= 0.3 is 0 Å². The van der Waals surface area contributed by atoms with E-state index in [4.69, 9.17) is 16.3 Å². The molecule has 0 spiro atoms. The monoisotopic (exact) mass is 310 g/mol. The summed E-state index contributed by atoms with van der Waals surface area (Å²) < 4.78 is 5.57. The molecule has 5 nitrogen and oxygen atoms in total. The van der Waals surface area contributed by atoms with Crippen LogP contribution in [0.3, 0.4) is 0 Å². The van der Waals surface area contributed by atoms with Crippen molar-refractivity contribution in [3.05, 3.63) is 23.2 Å². The lowest BCUT2D eigenvalue weighted by atomic mass is 10.2. The van der Waals surface area contributed by atoms with Gasteiger partial charge in [0.15, 0.2) is 0 Å². The zero-order chi connectivity index (χ0) is 15.4. The molecule has 6 heteroatoms. The molecule has 1 aliphatic heterocycles. The number of ether oxygens (including phenoxy) is 1. The Morgan fingerprint density at radius 2 is 2.29 bits per heavy atom. The van der Waals surface area contributed by atoms with Crippen molar-refractivity contribution in [2.75, 3.05) is 11.9 Å². The maximum Gasteiger partial charge on any atom is 0.246 e. The van der Waals surface area contributed by atoms with Crippen molar-refractivity contribution in [2.24, 2.45) is 5.92 Å². The number of carbonyl (C=O) groups is 2. The number of amides is 2. The smallest absolute Gasteiger partial charge is 0.246 e. The van der Waals surface area contributed by atoms with Gasteiger partial charge in [0, 0.05) is 12.1 Å². The predicted molar refractivity (Wildman–Crippen MR) is 81.6 cm³/mol. The van der Waals surface area contributed by atoms with Gasteiger partial charge in [-0.3, -0.25) is 9.59 Å². The van der Waals surface area contributed by atoms with E-state index in [2.05, 4.69) is 24.5 Å². The van der Waals surface area contributed by atoms with Crippen LogP contribution in [0.15, 0.2) is 18.2 Å². The first-order chi connectivity index (χ1) is 9.95. The van der Waals surface area contributed by atoms with E-state index in [9.17, 15) is 9.59 Å². The highest BCUT2D eigenvalue weighted by molar-refractivity contribution is 6.32. The molecule has 1 unspecified atom stereocenters. The Morgan fingerprint density at radius 1 is 1.52 bits per heavy atom. The quantitative estimate of drug-likeness (QED) is 0.878. The van der Waals surface area contributed by atoms with Crippen LogP contribution < -0.4 is 15.4 Å². The second kappa shape index (κ2) is 6.80. The molecule has 1 aromatic carbocycles. The standard InChI is InChI=1S/C15H19ClN2O3/c1-9(2)8-21-13-5-3-10(7-11(13)16)17-15(20)12-4-6-14(19)18-12/h3,5,7,9,12H,4,6,8H2,1-2H3,(H,17,20)(H,18,19). The fraction of sp³-hybridized carbons (Fsp3) is 0.467. The third kappa shape index (κ3) is 4.36. The van der Waals surface area contributed by atoms with Gasteiger partial charge in [-0.05, 0) is 30.5 Å². The van der Waals surface area contributed by atoms with Gasteiger partial charge in [-0.15, -0.1) is 0 Å². The molecule has 2 amide bonds. The van der Waals surface area contributed by atoms with Gasteiger partial charge in [0.05, 0.1) is 11.6 Å². The maximum absolute atomic E-state index is 12.0. The molecule has 1 aliphatic rings. The van der Waals surface area contributed by atoms with E-state index in [0.29, 0.717) is 41.8 Å².